The number of ether oxygens (including phenoxy) is 1. The number of halogens is 3. The zero-order valence-electron chi connectivity index (χ0n) is 11.7. The van der Waals surface area contributed by atoms with Gasteiger partial charge in [0.15, 0.2) is 6.61 Å². The van der Waals surface area contributed by atoms with Crippen LogP contribution in [0.5, 0.6) is 0 Å². The molecule has 1 N–H and O–H groups in total. The Kier molecular flexibility index (Phi) is 4.86. The maximum atomic E-state index is 12.7. The van der Waals surface area contributed by atoms with E-state index in [1.807, 2.05) is 0 Å². The summed E-state index contributed by atoms with van der Waals surface area (Å²) in [4.78, 5) is 11.8. The van der Waals surface area contributed by atoms with Crippen LogP contribution in [-0.4, -0.2) is 12.6 Å². The molecule has 0 spiro atoms. The number of nitrogens with one attached hydrogen (secondary N) is 1. The highest BCUT2D eigenvalue weighted by Gasteiger charge is 2.30. The molecular formula is C16H11F3N2O2. The van der Waals surface area contributed by atoms with Crippen molar-refractivity contribution >= 4 is 17.3 Å². The fraction of sp³-hybridized carbons (Fsp3) is 0.125. The topological polar surface area (TPSA) is 62.1 Å². The van der Waals surface area contributed by atoms with Crippen molar-refractivity contribution in [3.63, 3.8) is 0 Å². The lowest BCUT2D eigenvalue weighted by atomic mass is 10.1. The molecule has 2 aromatic rings. The van der Waals surface area contributed by atoms with Gasteiger partial charge in [-0.3, -0.25) is 0 Å². The number of carbonyl (C=O) groups excluding carboxylic acids is 1. The van der Waals surface area contributed by atoms with Crippen molar-refractivity contribution in [1.82, 2.24) is 0 Å². The van der Waals surface area contributed by atoms with Gasteiger partial charge in [0.25, 0.3) is 0 Å². The number of carbonyl (C=O) groups is 1. The van der Waals surface area contributed by atoms with Gasteiger partial charge >= 0.3 is 12.1 Å². The van der Waals surface area contributed by atoms with Crippen LogP contribution in [0.15, 0.2) is 48.5 Å². The maximum absolute atomic E-state index is 12.7. The van der Waals surface area contributed by atoms with Gasteiger partial charge in [0, 0.05) is 5.69 Å². The fourth-order valence-electron chi connectivity index (χ4n) is 1.87. The third-order valence-corrected chi connectivity index (χ3v) is 2.88. The molecule has 2 aromatic carbocycles. The smallest absolute Gasteiger partial charge is 0.416 e. The molecular weight excluding hydrogens is 309 g/mol. The van der Waals surface area contributed by atoms with Crippen molar-refractivity contribution < 1.29 is 22.7 Å². The summed E-state index contributed by atoms with van der Waals surface area (Å²) in [6, 6.07) is 12.5. The molecule has 0 saturated heterocycles. The molecule has 0 radical (unpaired) electrons. The van der Waals surface area contributed by atoms with Crippen LogP contribution in [0, 0.1) is 11.3 Å². The van der Waals surface area contributed by atoms with Crippen LogP contribution >= 0.6 is 0 Å². The lowest BCUT2D eigenvalue weighted by molar-refractivity contribution is -0.137. The fourth-order valence-corrected chi connectivity index (χ4v) is 1.87. The summed E-state index contributed by atoms with van der Waals surface area (Å²) in [5.41, 5.74) is -0.206. The molecule has 0 aliphatic heterocycles. The van der Waals surface area contributed by atoms with E-state index in [1.165, 1.54) is 24.3 Å². The minimum absolute atomic E-state index is 0.125. The Labute approximate surface area is 130 Å². The van der Waals surface area contributed by atoms with Crippen molar-refractivity contribution in [2.45, 2.75) is 6.18 Å². The first kappa shape index (κ1) is 16.4. The molecule has 0 unspecified atom stereocenters. The molecule has 7 heteroatoms. The predicted octanol–water partition coefficient (Wildman–Crippen LogP) is 4.13. The molecule has 0 saturated carbocycles. The van der Waals surface area contributed by atoms with Crippen molar-refractivity contribution in [3.8, 4) is 6.07 Å². The molecule has 0 aromatic heterocycles. The van der Waals surface area contributed by atoms with Crippen LogP contribution < -0.4 is 5.32 Å². The number of nitriles is 1. The van der Waals surface area contributed by atoms with E-state index >= 15 is 0 Å². The van der Waals surface area contributed by atoms with E-state index in [0.29, 0.717) is 0 Å². The summed E-state index contributed by atoms with van der Waals surface area (Å²) in [6.07, 6.45) is -4.46. The quantitative estimate of drug-likeness (QED) is 0.860. The van der Waals surface area contributed by atoms with Crippen LogP contribution in [0.2, 0.25) is 0 Å². The van der Waals surface area contributed by atoms with Gasteiger partial charge in [-0.15, -0.1) is 0 Å². The first-order chi connectivity index (χ1) is 10.9. The number of para-hydroxylation sites is 1. The summed E-state index contributed by atoms with van der Waals surface area (Å²) in [7, 11) is 0. The number of benzene rings is 2. The molecule has 0 heterocycles. The third kappa shape index (κ3) is 4.23. The maximum Gasteiger partial charge on any atom is 0.416 e. The van der Waals surface area contributed by atoms with E-state index < -0.39 is 24.3 Å². The van der Waals surface area contributed by atoms with E-state index in [-0.39, 0.29) is 16.9 Å². The molecule has 0 aliphatic carbocycles. The Morgan fingerprint density at radius 2 is 1.91 bits per heavy atom. The Morgan fingerprint density at radius 3 is 2.61 bits per heavy atom. The van der Waals surface area contributed by atoms with E-state index in [1.54, 1.807) is 18.2 Å². The number of esters is 1. The van der Waals surface area contributed by atoms with Crippen molar-refractivity contribution in [1.29, 1.82) is 5.26 Å². The third-order valence-electron chi connectivity index (χ3n) is 2.88. The predicted molar refractivity (Wildman–Crippen MR) is 77.1 cm³/mol. The van der Waals surface area contributed by atoms with Crippen LogP contribution in [0.3, 0.4) is 0 Å². The molecule has 0 bridgehead atoms. The lowest BCUT2D eigenvalue weighted by Crippen LogP contribution is -2.09. The highest BCUT2D eigenvalue weighted by Crippen LogP contribution is 2.31. The minimum Gasteiger partial charge on any atom is -0.447 e. The van der Waals surface area contributed by atoms with Gasteiger partial charge in [-0.1, -0.05) is 18.2 Å². The monoisotopic (exact) mass is 320 g/mol. The van der Waals surface area contributed by atoms with E-state index in [2.05, 4.69) is 5.32 Å². The largest absolute Gasteiger partial charge is 0.447 e. The van der Waals surface area contributed by atoms with Crippen LogP contribution in [0.4, 0.5) is 24.5 Å². The summed E-state index contributed by atoms with van der Waals surface area (Å²) in [5.74, 6) is -0.735. The number of anilines is 2. The van der Waals surface area contributed by atoms with Crippen molar-refractivity contribution in [2.24, 2.45) is 0 Å². The average Bonchev–Trinajstić information content (AvgIpc) is 2.52. The first-order valence-electron chi connectivity index (χ1n) is 6.49. The van der Waals surface area contributed by atoms with Gasteiger partial charge in [0.1, 0.15) is 6.07 Å². The van der Waals surface area contributed by atoms with Gasteiger partial charge in [-0.25, -0.2) is 4.79 Å². The number of nitrogens with zero attached hydrogens (tertiary/aromatic N) is 1. The molecule has 4 nitrogen and oxygen atoms in total. The second-order valence-electron chi connectivity index (χ2n) is 4.48. The average molecular weight is 320 g/mol. The minimum atomic E-state index is -4.46. The molecule has 0 amide bonds. The van der Waals surface area contributed by atoms with Crippen LogP contribution in [0.25, 0.3) is 0 Å². The Balaban J connectivity index is 2.28. The molecule has 23 heavy (non-hydrogen) atoms. The molecule has 0 aliphatic rings. The highest BCUT2D eigenvalue weighted by molar-refractivity contribution is 5.96. The molecule has 0 atom stereocenters. The Bertz CT molecular complexity index is 751. The van der Waals surface area contributed by atoms with Gasteiger partial charge in [-0.2, -0.15) is 18.4 Å². The molecule has 0 fully saturated rings. The van der Waals surface area contributed by atoms with Crippen molar-refractivity contribution in [3.05, 3.63) is 59.7 Å². The van der Waals surface area contributed by atoms with Gasteiger partial charge < -0.3 is 10.1 Å². The number of rotatable bonds is 4. The van der Waals surface area contributed by atoms with Crippen molar-refractivity contribution in [2.75, 3.05) is 11.9 Å². The van der Waals surface area contributed by atoms with Gasteiger partial charge in [-0.05, 0) is 30.3 Å². The summed E-state index contributed by atoms with van der Waals surface area (Å²) in [5, 5.41) is 11.2. The summed E-state index contributed by atoms with van der Waals surface area (Å²) in [6.45, 7) is -0.406. The normalized spacial score (nSPS) is 10.7. The number of hydrogen-bond acceptors (Lipinski definition) is 4. The summed E-state index contributed by atoms with van der Waals surface area (Å²) >= 11 is 0. The van der Waals surface area contributed by atoms with Crippen LogP contribution in [0.1, 0.15) is 15.9 Å². The number of hydrogen-bond donors (Lipinski definition) is 1. The zero-order valence-corrected chi connectivity index (χ0v) is 11.7. The Morgan fingerprint density at radius 1 is 1.17 bits per heavy atom. The van der Waals surface area contributed by atoms with Gasteiger partial charge in [0.2, 0.25) is 0 Å². The van der Waals surface area contributed by atoms with E-state index in [9.17, 15) is 18.0 Å². The summed E-state index contributed by atoms with van der Waals surface area (Å²) < 4.78 is 42.9. The second-order valence-corrected chi connectivity index (χ2v) is 4.48. The van der Waals surface area contributed by atoms with Gasteiger partial charge in [0.05, 0.1) is 16.8 Å². The lowest BCUT2D eigenvalue weighted by Gasteiger charge is -2.13. The highest BCUT2D eigenvalue weighted by atomic mass is 19.4. The molecule has 118 valence electrons. The standard InChI is InChI=1S/C16H11F3N2O2/c17-16(18,19)11-4-3-5-12(10-11)21-14-7-2-1-6-13(14)15(22)23-9-8-20/h1-7,10,21H,9H2. The number of alkyl halides is 3. The van der Waals surface area contributed by atoms with E-state index in [4.69, 9.17) is 10.00 Å². The SMILES string of the molecule is N#CCOC(=O)c1ccccc1Nc1cccc(C(F)(F)F)c1. The first-order valence-corrected chi connectivity index (χ1v) is 6.49. The van der Waals surface area contributed by atoms with Crippen LogP contribution in [-0.2, 0) is 10.9 Å². The second kappa shape index (κ2) is 6.83. The Hall–Kier alpha value is -3.01. The van der Waals surface area contributed by atoms with E-state index in [0.717, 1.165) is 12.1 Å². The zero-order chi connectivity index (χ0) is 16.9. The molecule has 2 rings (SSSR count).